The highest BCUT2D eigenvalue weighted by Crippen LogP contribution is 2.00. The van der Waals surface area contributed by atoms with Crippen molar-refractivity contribution in [3.8, 4) is 0 Å². The number of carbonyl (C=O) groups excluding carboxylic acids is 1. The summed E-state index contributed by atoms with van der Waals surface area (Å²) in [6, 6.07) is 9.75. The third kappa shape index (κ3) is 7.29. The summed E-state index contributed by atoms with van der Waals surface area (Å²) in [4.78, 5) is 10.5. The van der Waals surface area contributed by atoms with Gasteiger partial charge in [-0.2, -0.15) is 0 Å². The Morgan fingerprint density at radius 2 is 1.64 bits per heavy atom. The standard InChI is InChI=1S/C10H10O.C2H6.CH4/c1-9(11)7-8-10-5-3-2-4-6-10;1-2;/h2-8H,1H3;1-2H3;1H4/b8-7+;;. The van der Waals surface area contributed by atoms with Crippen molar-refractivity contribution in [2.75, 3.05) is 0 Å². The zero-order valence-electron chi connectivity index (χ0n) is 8.45. The molecule has 1 aromatic rings. The van der Waals surface area contributed by atoms with Crippen LogP contribution in [0.3, 0.4) is 0 Å². The molecule has 1 aromatic carbocycles. The second-order valence-corrected chi connectivity index (χ2v) is 2.35. The van der Waals surface area contributed by atoms with E-state index in [9.17, 15) is 4.79 Å². The van der Waals surface area contributed by atoms with E-state index >= 15 is 0 Å². The van der Waals surface area contributed by atoms with E-state index < -0.39 is 0 Å². The monoisotopic (exact) mass is 192 g/mol. The molecule has 0 bridgehead atoms. The quantitative estimate of drug-likeness (QED) is 0.648. The van der Waals surface area contributed by atoms with Crippen LogP contribution in [0.25, 0.3) is 6.08 Å². The lowest BCUT2D eigenvalue weighted by molar-refractivity contribution is -0.112. The first-order valence-corrected chi connectivity index (χ1v) is 4.53. The molecule has 1 heteroatoms. The van der Waals surface area contributed by atoms with Crippen LogP contribution < -0.4 is 0 Å². The molecule has 0 amide bonds. The minimum atomic E-state index is 0. The molecule has 0 atom stereocenters. The fraction of sp³-hybridized carbons (Fsp3) is 0.308. The van der Waals surface area contributed by atoms with Crippen molar-refractivity contribution >= 4 is 11.9 Å². The molecule has 14 heavy (non-hydrogen) atoms. The largest absolute Gasteiger partial charge is 0.295 e. The van der Waals surface area contributed by atoms with Gasteiger partial charge in [0.15, 0.2) is 5.78 Å². The molecule has 78 valence electrons. The molecule has 0 heterocycles. The van der Waals surface area contributed by atoms with Crippen molar-refractivity contribution in [1.29, 1.82) is 0 Å². The summed E-state index contributed by atoms with van der Waals surface area (Å²) in [5.41, 5.74) is 1.06. The molecule has 0 aliphatic heterocycles. The van der Waals surface area contributed by atoms with E-state index in [4.69, 9.17) is 0 Å². The van der Waals surface area contributed by atoms with Crippen molar-refractivity contribution in [3.05, 3.63) is 42.0 Å². The Hall–Kier alpha value is -1.37. The number of benzene rings is 1. The van der Waals surface area contributed by atoms with Crippen LogP contribution in [0, 0.1) is 0 Å². The van der Waals surface area contributed by atoms with Crippen molar-refractivity contribution in [2.24, 2.45) is 0 Å². The Bertz CT molecular complexity index is 260. The van der Waals surface area contributed by atoms with Crippen LogP contribution in [0.2, 0.25) is 0 Å². The Labute approximate surface area is 87.5 Å². The van der Waals surface area contributed by atoms with Gasteiger partial charge in [0.25, 0.3) is 0 Å². The van der Waals surface area contributed by atoms with E-state index in [1.165, 1.54) is 0 Å². The first-order chi connectivity index (χ1) is 6.29. The number of hydrogen-bond acceptors (Lipinski definition) is 1. The maximum Gasteiger partial charge on any atom is 0.152 e. The Morgan fingerprint density at radius 1 is 1.14 bits per heavy atom. The van der Waals surface area contributed by atoms with Crippen LogP contribution in [-0.4, -0.2) is 5.78 Å². The summed E-state index contributed by atoms with van der Waals surface area (Å²) in [5, 5.41) is 0. The van der Waals surface area contributed by atoms with Gasteiger partial charge in [0.2, 0.25) is 0 Å². The summed E-state index contributed by atoms with van der Waals surface area (Å²) in [6.07, 6.45) is 3.37. The van der Waals surface area contributed by atoms with Crippen LogP contribution in [0.5, 0.6) is 0 Å². The summed E-state index contributed by atoms with van der Waals surface area (Å²) in [5.74, 6) is 0.0776. The maximum atomic E-state index is 10.5. The first kappa shape index (κ1) is 15.1. The average molecular weight is 192 g/mol. The summed E-state index contributed by atoms with van der Waals surface area (Å²) < 4.78 is 0. The molecule has 0 radical (unpaired) electrons. The minimum Gasteiger partial charge on any atom is -0.295 e. The molecule has 0 saturated carbocycles. The van der Waals surface area contributed by atoms with Crippen molar-refractivity contribution in [3.63, 3.8) is 0 Å². The molecule has 0 aromatic heterocycles. The number of rotatable bonds is 2. The average Bonchev–Trinajstić information content (AvgIpc) is 2.19. The van der Waals surface area contributed by atoms with E-state index in [0.29, 0.717) is 0 Å². The Balaban J connectivity index is 0. The summed E-state index contributed by atoms with van der Waals surface area (Å²) in [6.45, 7) is 5.54. The van der Waals surface area contributed by atoms with Gasteiger partial charge in [-0.1, -0.05) is 57.7 Å². The second kappa shape index (κ2) is 9.72. The van der Waals surface area contributed by atoms with Crippen LogP contribution >= 0.6 is 0 Å². The Morgan fingerprint density at radius 3 is 2.07 bits per heavy atom. The van der Waals surface area contributed by atoms with Crippen LogP contribution in [-0.2, 0) is 4.79 Å². The zero-order chi connectivity index (χ0) is 10.1. The van der Waals surface area contributed by atoms with Gasteiger partial charge < -0.3 is 0 Å². The normalized spacial score (nSPS) is 8.50. The second-order valence-electron chi connectivity index (χ2n) is 2.35. The van der Waals surface area contributed by atoms with Gasteiger partial charge in [0.1, 0.15) is 0 Å². The molecule has 0 unspecified atom stereocenters. The highest BCUT2D eigenvalue weighted by Gasteiger charge is 1.83. The molecule has 0 aliphatic rings. The van der Waals surface area contributed by atoms with Gasteiger partial charge in [-0.15, -0.1) is 0 Å². The van der Waals surface area contributed by atoms with Gasteiger partial charge in [0.05, 0.1) is 0 Å². The number of allylic oxidation sites excluding steroid dienone is 1. The fourth-order valence-corrected chi connectivity index (χ4v) is 0.778. The zero-order valence-corrected chi connectivity index (χ0v) is 8.45. The van der Waals surface area contributed by atoms with Crippen LogP contribution in [0.4, 0.5) is 0 Å². The first-order valence-electron chi connectivity index (χ1n) is 4.53. The van der Waals surface area contributed by atoms with Gasteiger partial charge in [0, 0.05) is 0 Å². The smallest absolute Gasteiger partial charge is 0.152 e. The third-order valence-corrected chi connectivity index (χ3v) is 1.31. The summed E-state index contributed by atoms with van der Waals surface area (Å²) in [7, 11) is 0. The molecule has 1 nitrogen and oxygen atoms in total. The van der Waals surface area contributed by atoms with Crippen molar-refractivity contribution in [1.82, 2.24) is 0 Å². The lowest BCUT2D eigenvalue weighted by Crippen LogP contribution is -1.79. The molecule has 0 saturated heterocycles. The van der Waals surface area contributed by atoms with Gasteiger partial charge in [-0.3, -0.25) is 4.79 Å². The topological polar surface area (TPSA) is 17.1 Å². The van der Waals surface area contributed by atoms with E-state index in [1.54, 1.807) is 13.0 Å². The molecule has 0 spiro atoms. The minimum absolute atomic E-state index is 0. The van der Waals surface area contributed by atoms with Crippen molar-refractivity contribution < 1.29 is 4.79 Å². The predicted octanol–water partition coefficient (Wildman–Crippen LogP) is 3.95. The summed E-state index contributed by atoms with van der Waals surface area (Å²) >= 11 is 0. The molecular weight excluding hydrogens is 172 g/mol. The lowest BCUT2D eigenvalue weighted by Gasteiger charge is -1.88. The third-order valence-electron chi connectivity index (χ3n) is 1.31. The lowest BCUT2D eigenvalue weighted by atomic mass is 10.2. The van der Waals surface area contributed by atoms with Gasteiger partial charge in [-0.25, -0.2) is 0 Å². The predicted molar refractivity (Wildman–Crippen MR) is 64.2 cm³/mol. The van der Waals surface area contributed by atoms with Gasteiger partial charge in [-0.05, 0) is 18.6 Å². The molecule has 0 N–H and O–H groups in total. The molecule has 1 rings (SSSR count). The molecule has 0 aliphatic carbocycles. The van der Waals surface area contributed by atoms with Crippen LogP contribution in [0.15, 0.2) is 36.4 Å². The highest BCUT2D eigenvalue weighted by molar-refractivity contribution is 5.91. The van der Waals surface area contributed by atoms with E-state index in [-0.39, 0.29) is 13.2 Å². The number of ketones is 1. The van der Waals surface area contributed by atoms with Gasteiger partial charge >= 0.3 is 0 Å². The van der Waals surface area contributed by atoms with E-state index in [1.807, 2.05) is 50.3 Å². The highest BCUT2D eigenvalue weighted by atomic mass is 16.1. The fourth-order valence-electron chi connectivity index (χ4n) is 0.778. The number of carbonyl (C=O) groups is 1. The maximum absolute atomic E-state index is 10.5. The van der Waals surface area contributed by atoms with Crippen molar-refractivity contribution in [2.45, 2.75) is 28.2 Å². The molecular formula is C13H20O. The SMILES string of the molecule is C.CC.CC(=O)/C=C/c1ccccc1. The Kier molecular flexibility index (Phi) is 10.5. The number of hydrogen-bond donors (Lipinski definition) is 0. The van der Waals surface area contributed by atoms with Crippen LogP contribution in [0.1, 0.15) is 33.8 Å². The van der Waals surface area contributed by atoms with E-state index in [2.05, 4.69) is 0 Å². The molecule has 0 fully saturated rings. The van der Waals surface area contributed by atoms with E-state index in [0.717, 1.165) is 5.56 Å².